The molecule has 38 heavy (non-hydrogen) atoms. The van der Waals surface area contributed by atoms with Crippen molar-refractivity contribution in [1.29, 1.82) is 0 Å². The van der Waals surface area contributed by atoms with Crippen LogP contribution in [0.3, 0.4) is 0 Å². The molecule has 0 spiro atoms. The quantitative estimate of drug-likeness (QED) is 0.329. The minimum Gasteiger partial charge on any atom is -0.497 e. The van der Waals surface area contributed by atoms with E-state index in [1.807, 2.05) is 19.1 Å². The summed E-state index contributed by atoms with van der Waals surface area (Å²) in [5.74, 6) is -0.124. The van der Waals surface area contributed by atoms with E-state index in [0.29, 0.717) is 18.0 Å². The van der Waals surface area contributed by atoms with Crippen LogP contribution in [-0.4, -0.2) is 51.4 Å². The van der Waals surface area contributed by atoms with Crippen molar-refractivity contribution in [3.05, 3.63) is 90.5 Å². The van der Waals surface area contributed by atoms with Crippen LogP contribution in [0.15, 0.2) is 89.8 Å². The number of benzene rings is 3. The van der Waals surface area contributed by atoms with Crippen molar-refractivity contribution in [3.63, 3.8) is 0 Å². The number of carbonyl (C=O) groups is 2. The molecule has 1 unspecified atom stereocenters. The molecule has 0 radical (unpaired) electrons. The van der Waals surface area contributed by atoms with Gasteiger partial charge in [0.1, 0.15) is 18.3 Å². The molecule has 0 aliphatic carbocycles. The molecule has 1 N–H and O–H groups in total. The van der Waals surface area contributed by atoms with Crippen LogP contribution in [0.4, 0.5) is 5.69 Å². The Hall–Kier alpha value is -3.85. The Morgan fingerprint density at radius 1 is 0.921 bits per heavy atom. The highest BCUT2D eigenvalue weighted by Crippen LogP contribution is 2.24. The predicted molar refractivity (Wildman–Crippen MR) is 148 cm³/mol. The fourth-order valence-electron chi connectivity index (χ4n) is 3.89. The number of hydrogen-bond acceptors (Lipinski definition) is 5. The first kappa shape index (κ1) is 28.7. The predicted octanol–water partition coefficient (Wildman–Crippen LogP) is 4.22. The molecule has 3 rings (SSSR count). The van der Waals surface area contributed by atoms with Gasteiger partial charge in [0.25, 0.3) is 10.0 Å². The van der Waals surface area contributed by atoms with Crippen molar-refractivity contribution >= 4 is 27.5 Å². The molecule has 0 aliphatic rings. The highest BCUT2D eigenvalue weighted by Gasteiger charge is 2.32. The summed E-state index contributed by atoms with van der Waals surface area (Å²) in [5.41, 5.74) is 1.14. The Bertz CT molecular complexity index is 1280. The molecule has 0 aliphatic heterocycles. The largest absolute Gasteiger partial charge is 0.497 e. The first-order valence-corrected chi connectivity index (χ1v) is 14.0. The second kappa shape index (κ2) is 13.6. The molecule has 3 aromatic carbocycles. The van der Waals surface area contributed by atoms with E-state index in [2.05, 4.69) is 5.32 Å². The summed E-state index contributed by atoms with van der Waals surface area (Å²) in [6.45, 7) is 3.84. The van der Waals surface area contributed by atoms with Gasteiger partial charge in [-0.1, -0.05) is 61.9 Å². The zero-order chi connectivity index (χ0) is 27.5. The molecule has 9 heteroatoms. The number of methoxy groups -OCH3 is 1. The smallest absolute Gasteiger partial charge is 0.264 e. The first-order chi connectivity index (χ1) is 18.3. The Balaban J connectivity index is 1.95. The van der Waals surface area contributed by atoms with Crippen LogP contribution in [0.25, 0.3) is 0 Å². The first-order valence-electron chi connectivity index (χ1n) is 12.6. The van der Waals surface area contributed by atoms with Gasteiger partial charge in [0.15, 0.2) is 0 Å². The number of nitrogens with one attached hydrogen (secondary N) is 1. The molecule has 202 valence electrons. The van der Waals surface area contributed by atoms with Gasteiger partial charge in [-0.25, -0.2) is 8.42 Å². The van der Waals surface area contributed by atoms with Crippen LogP contribution in [0.2, 0.25) is 0 Å². The fourth-order valence-corrected chi connectivity index (χ4v) is 5.32. The number of para-hydroxylation sites is 1. The van der Waals surface area contributed by atoms with Gasteiger partial charge in [-0.05, 0) is 55.3 Å². The molecule has 0 bridgehead atoms. The maximum Gasteiger partial charge on any atom is 0.264 e. The second-order valence-corrected chi connectivity index (χ2v) is 10.7. The summed E-state index contributed by atoms with van der Waals surface area (Å²) in [7, 11) is -2.49. The van der Waals surface area contributed by atoms with Crippen LogP contribution in [0, 0.1) is 0 Å². The summed E-state index contributed by atoms with van der Waals surface area (Å²) >= 11 is 0. The third-order valence-electron chi connectivity index (χ3n) is 6.16. The van der Waals surface area contributed by atoms with Gasteiger partial charge in [-0.3, -0.25) is 13.9 Å². The SMILES string of the molecule is CCCCNC(=O)C(C)N(Cc1ccc(OC)cc1)C(=O)CN(c1ccccc1)S(=O)(=O)c1ccccc1. The molecule has 1 atom stereocenters. The van der Waals surface area contributed by atoms with Crippen LogP contribution >= 0.6 is 0 Å². The third-order valence-corrected chi connectivity index (χ3v) is 7.95. The lowest BCUT2D eigenvalue weighted by Crippen LogP contribution is -2.51. The molecule has 0 saturated heterocycles. The minimum absolute atomic E-state index is 0.0729. The Kier molecular flexibility index (Phi) is 10.3. The molecular formula is C29H35N3O5S. The molecular weight excluding hydrogens is 502 g/mol. The highest BCUT2D eigenvalue weighted by molar-refractivity contribution is 7.92. The fraction of sp³-hybridized carbons (Fsp3) is 0.310. The number of carbonyl (C=O) groups excluding carboxylic acids is 2. The Morgan fingerprint density at radius 3 is 2.11 bits per heavy atom. The molecule has 0 heterocycles. The molecule has 8 nitrogen and oxygen atoms in total. The van der Waals surface area contributed by atoms with Gasteiger partial charge < -0.3 is 15.0 Å². The summed E-state index contributed by atoms with van der Waals surface area (Å²) in [6.07, 6.45) is 1.74. The van der Waals surface area contributed by atoms with Gasteiger partial charge in [0.05, 0.1) is 17.7 Å². The van der Waals surface area contributed by atoms with Gasteiger partial charge in [-0.15, -0.1) is 0 Å². The number of ether oxygens (including phenoxy) is 1. The monoisotopic (exact) mass is 537 g/mol. The van der Waals surface area contributed by atoms with Crippen molar-refractivity contribution in [2.24, 2.45) is 0 Å². The van der Waals surface area contributed by atoms with Gasteiger partial charge in [-0.2, -0.15) is 0 Å². The number of amides is 2. The topological polar surface area (TPSA) is 96.0 Å². The highest BCUT2D eigenvalue weighted by atomic mass is 32.2. The van der Waals surface area contributed by atoms with E-state index in [4.69, 9.17) is 4.74 Å². The van der Waals surface area contributed by atoms with Crippen molar-refractivity contribution in [1.82, 2.24) is 10.2 Å². The average molecular weight is 538 g/mol. The molecule has 0 saturated carbocycles. The van der Waals surface area contributed by atoms with E-state index in [-0.39, 0.29) is 17.3 Å². The second-order valence-electron chi connectivity index (χ2n) is 8.85. The normalized spacial score (nSPS) is 11.9. The number of hydrogen-bond donors (Lipinski definition) is 1. The van der Waals surface area contributed by atoms with Crippen LogP contribution in [0.1, 0.15) is 32.3 Å². The number of anilines is 1. The summed E-state index contributed by atoms with van der Waals surface area (Å²) < 4.78 is 33.6. The van der Waals surface area contributed by atoms with Gasteiger partial charge in [0.2, 0.25) is 11.8 Å². The van der Waals surface area contributed by atoms with Crippen LogP contribution in [-0.2, 0) is 26.2 Å². The van der Waals surface area contributed by atoms with Gasteiger partial charge in [0, 0.05) is 13.1 Å². The molecule has 0 aromatic heterocycles. The van der Waals surface area contributed by atoms with E-state index < -0.39 is 28.5 Å². The zero-order valence-corrected chi connectivity index (χ0v) is 22.9. The van der Waals surface area contributed by atoms with E-state index in [1.165, 1.54) is 17.0 Å². The Labute approximate surface area is 225 Å². The van der Waals surface area contributed by atoms with E-state index in [1.54, 1.807) is 74.7 Å². The standard InChI is InChI=1S/C29H35N3O5S/c1-4-5-20-30-29(34)23(2)31(21-24-16-18-26(37-3)19-17-24)28(33)22-32(25-12-8-6-9-13-25)38(35,36)27-14-10-7-11-15-27/h6-19,23H,4-5,20-22H2,1-3H3,(H,30,34). The maximum absolute atomic E-state index is 13.8. The van der Waals surface area contributed by atoms with Crippen molar-refractivity contribution in [2.75, 3.05) is 24.5 Å². The van der Waals surface area contributed by atoms with E-state index in [9.17, 15) is 18.0 Å². The van der Waals surface area contributed by atoms with Crippen molar-refractivity contribution in [3.8, 4) is 5.75 Å². The lowest BCUT2D eigenvalue weighted by Gasteiger charge is -2.32. The average Bonchev–Trinajstić information content (AvgIpc) is 2.95. The number of sulfonamides is 1. The maximum atomic E-state index is 13.8. The molecule has 2 amide bonds. The lowest BCUT2D eigenvalue weighted by molar-refractivity contribution is -0.139. The van der Waals surface area contributed by atoms with Crippen molar-refractivity contribution < 1.29 is 22.7 Å². The molecule has 0 fully saturated rings. The molecule has 3 aromatic rings. The summed E-state index contributed by atoms with van der Waals surface area (Å²) in [6, 6.07) is 22.8. The van der Waals surface area contributed by atoms with Gasteiger partial charge >= 0.3 is 0 Å². The summed E-state index contributed by atoms with van der Waals surface area (Å²) in [4.78, 5) is 28.3. The number of unbranched alkanes of at least 4 members (excludes halogenated alkanes) is 1. The summed E-state index contributed by atoms with van der Waals surface area (Å²) in [5, 5.41) is 2.88. The number of rotatable bonds is 13. The van der Waals surface area contributed by atoms with Crippen LogP contribution < -0.4 is 14.4 Å². The minimum atomic E-state index is -4.06. The Morgan fingerprint density at radius 2 is 1.53 bits per heavy atom. The van der Waals surface area contributed by atoms with E-state index >= 15 is 0 Å². The zero-order valence-electron chi connectivity index (χ0n) is 22.0. The van der Waals surface area contributed by atoms with Crippen molar-refractivity contribution in [2.45, 2.75) is 44.2 Å². The lowest BCUT2D eigenvalue weighted by atomic mass is 10.1. The van der Waals surface area contributed by atoms with E-state index in [0.717, 1.165) is 22.7 Å². The number of nitrogens with zero attached hydrogens (tertiary/aromatic N) is 2. The third kappa shape index (κ3) is 7.35. The van der Waals surface area contributed by atoms with Crippen LogP contribution in [0.5, 0.6) is 5.75 Å².